The van der Waals surface area contributed by atoms with Crippen molar-refractivity contribution >= 4 is 5.97 Å². The van der Waals surface area contributed by atoms with Crippen molar-refractivity contribution in [2.75, 3.05) is 13.2 Å². The van der Waals surface area contributed by atoms with Gasteiger partial charge in [0.25, 0.3) is 0 Å². The molecule has 3 saturated heterocycles. The smallest absolute Gasteiger partial charge is 0.313 e. The molecule has 78 valence electrons. The average Bonchev–Trinajstić information content (AvgIpc) is 2.57. The van der Waals surface area contributed by atoms with Gasteiger partial charge in [0.15, 0.2) is 0 Å². The summed E-state index contributed by atoms with van der Waals surface area (Å²) in [6, 6.07) is 0.293. The van der Waals surface area contributed by atoms with E-state index in [0.717, 1.165) is 19.4 Å². The lowest BCUT2D eigenvalue weighted by Crippen LogP contribution is -2.42. The van der Waals surface area contributed by atoms with Gasteiger partial charge in [0, 0.05) is 13.0 Å². The first-order valence-corrected chi connectivity index (χ1v) is 5.46. The molecule has 0 N–H and O–H groups in total. The van der Waals surface area contributed by atoms with Crippen LogP contribution in [0.4, 0.5) is 0 Å². The van der Waals surface area contributed by atoms with E-state index < -0.39 is 0 Å². The molecular weight excluding hydrogens is 182 g/mol. The Labute approximate surface area is 83.1 Å². The maximum Gasteiger partial charge on any atom is 0.313 e. The molecule has 0 aromatic heterocycles. The molecule has 0 spiro atoms. The van der Waals surface area contributed by atoms with Crippen LogP contribution in [0.15, 0.2) is 0 Å². The summed E-state index contributed by atoms with van der Waals surface area (Å²) in [4.78, 5) is 17.4. The molecule has 0 aromatic carbocycles. The van der Waals surface area contributed by atoms with Crippen LogP contribution in [0, 0.1) is 5.92 Å². The Morgan fingerprint density at radius 3 is 3.14 bits per heavy atom. The first-order valence-electron chi connectivity index (χ1n) is 5.46. The molecule has 3 rings (SSSR count). The molecule has 0 aromatic rings. The van der Waals surface area contributed by atoms with Gasteiger partial charge in [-0.15, -0.1) is 0 Å². The monoisotopic (exact) mass is 197 g/mol. The van der Waals surface area contributed by atoms with E-state index >= 15 is 0 Å². The second-order valence-electron chi connectivity index (χ2n) is 4.33. The highest BCUT2D eigenvalue weighted by Crippen LogP contribution is 2.38. The molecule has 3 atom stereocenters. The molecule has 0 amide bonds. The van der Waals surface area contributed by atoms with E-state index in [1.165, 1.54) is 12.8 Å². The molecule has 3 aliphatic rings. The van der Waals surface area contributed by atoms with Crippen molar-refractivity contribution in [3.8, 4) is 0 Å². The zero-order valence-electron chi connectivity index (χ0n) is 8.15. The first-order chi connectivity index (χ1) is 6.86. The third kappa shape index (κ3) is 1.17. The number of fused-ring (bicyclic) bond motifs is 3. The van der Waals surface area contributed by atoms with E-state index in [9.17, 15) is 4.79 Å². The third-order valence-electron chi connectivity index (χ3n) is 3.50. The highest BCUT2D eigenvalue weighted by Gasteiger charge is 2.50. The van der Waals surface area contributed by atoms with Gasteiger partial charge >= 0.3 is 5.97 Å². The van der Waals surface area contributed by atoms with Gasteiger partial charge in [-0.2, -0.15) is 5.06 Å². The van der Waals surface area contributed by atoms with Gasteiger partial charge in [-0.05, 0) is 12.8 Å². The van der Waals surface area contributed by atoms with Gasteiger partial charge < -0.3 is 4.74 Å². The highest BCUT2D eigenvalue weighted by atomic mass is 16.7. The summed E-state index contributed by atoms with van der Waals surface area (Å²) in [5.74, 6) is -0.0558. The molecular formula is C10H15NO3. The number of esters is 1. The number of nitrogens with zero attached hydrogens (tertiary/aromatic N) is 1. The molecule has 3 heterocycles. The van der Waals surface area contributed by atoms with Crippen LogP contribution in [0.3, 0.4) is 0 Å². The average molecular weight is 197 g/mol. The molecule has 0 radical (unpaired) electrons. The summed E-state index contributed by atoms with van der Waals surface area (Å²) in [6.07, 6.45) is 4.44. The Balaban J connectivity index is 1.83. The minimum Gasteiger partial charge on any atom is -0.465 e. The van der Waals surface area contributed by atoms with Gasteiger partial charge in [-0.3, -0.25) is 9.63 Å². The van der Waals surface area contributed by atoms with Crippen molar-refractivity contribution in [2.24, 2.45) is 5.92 Å². The largest absolute Gasteiger partial charge is 0.465 e. The summed E-state index contributed by atoms with van der Waals surface area (Å²) in [7, 11) is 0. The van der Waals surface area contributed by atoms with Crippen molar-refractivity contribution in [2.45, 2.75) is 37.8 Å². The van der Waals surface area contributed by atoms with Crippen LogP contribution in [0.25, 0.3) is 0 Å². The maximum atomic E-state index is 11.6. The molecule has 0 saturated carbocycles. The lowest BCUT2D eigenvalue weighted by Gasteiger charge is -2.29. The summed E-state index contributed by atoms with van der Waals surface area (Å²) in [5.41, 5.74) is 0. The minimum absolute atomic E-state index is 0.0101. The van der Waals surface area contributed by atoms with Gasteiger partial charge in [-0.25, -0.2) is 0 Å². The van der Waals surface area contributed by atoms with Crippen LogP contribution in [-0.2, 0) is 14.4 Å². The predicted molar refractivity (Wildman–Crippen MR) is 48.3 cm³/mol. The van der Waals surface area contributed by atoms with Crippen molar-refractivity contribution in [3.05, 3.63) is 0 Å². The van der Waals surface area contributed by atoms with Crippen molar-refractivity contribution in [1.29, 1.82) is 0 Å². The quantitative estimate of drug-likeness (QED) is 0.536. The Morgan fingerprint density at radius 2 is 2.21 bits per heavy atom. The topological polar surface area (TPSA) is 38.8 Å². The summed E-state index contributed by atoms with van der Waals surface area (Å²) in [6.45, 7) is 1.51. The third-order valence-corrected chi connectivity index (χ3v) is 3.50. The number of carbonyl (C=O) groups excluding carboxylic acids is 1. The summed E-state index contributed by atoms with van der Waals surface area (Å²) < 4.78 is 5.10. The Kier molecular flexibility index (Phi) is 1.99. The number of cyclic esters (lactones) is 1. The zero-order valence-corrected chi connectivity index (χ0v) is 8.15. The molecule has 14 heavy (non-hydrogen) atoms. The van der Waals surface area contributed by atoms with Crippen LogP contribution in [0.2, 0.25) is 0 Å². The number of hydrogen-bond donors (Lipinski definition) is 0. The standard InChI is InChI=1S/C10H15NO3/c12-10-9-7-3-1-2-5-11(7)14-8(9)4-6-13-10/h7-9H,1-6H2/t7-,8-,9-/m0/s1. The predicted octanol–water partition coefficient (Wildman–Crippen LogP) is 0.718. The minimum atomic E-state index is -0.0457. The van der Waals surface area contributed by atoms with Crippen molar-refractivity contribution in [3.63, 3.8) is 0 Å². The number of carbonyl (C=O) groups is 1. The van der Waals surface area contributed by atoms with Crippen LogP contribution >= 0.6 is 0 Å². The number of hydrogen-bond acceptors (Lipinski definition) is 4. The van der Waals surface area contributed by atoms with Crippen molar-refractivity contribution < 1.29 is 14.4 Å². The van der Waals surface area contributed by atoms with Crippen LogP contribution in [-0.4, -0.2) is 36.3 Å². The normalized spacial score (nSPS) is 42.9. The van der Waals surface area contributed by atoms with E-state index in [2.05, 4.69) is 0 Å². The van der Waals surface area contributed by atoms with E-state index in [1.807, 2.05) is 5.06 Å². The zero-order chi connectivity index (χ0) is 9.54. The van der Waals surface area contributed by atoms with Gasteiger partial charge in [0.1, 0.15) is 5.92 Å². The molecule has 4 heteroatoms. The van der Waals surface area contributed by atoms with Crippen LogP contribution in [0.5, 0.6) is 0 Å². The Morgan fingerprint density at radius 1 is 1.29 bits per heavy atom. The van der Waals surface area contributed by atoms with Gasteiger partial charge in [0.05, 0.1) is 18.8 Å². The van der Waals surface area contributed by atoms with Crippen LogP contribution < -0.4 is 0 Å². The molecule has 0 aliphatic carbocycles. The lowest BCUT2D eigenvalue weighted by molar-refractivity contribution is -0.180. The molecule has 0 bridgehead atoms. The molecule has 3 aliphatic heterocycles. The number of rotatable bonds is 0. The Hall–Kier alpha value is -0.610. The number of hydroxylamine groups is 2. The second-order valence-corrected chi connectivity index (χ2v) is 4.33. The second kappa shape index (κ2) is 3.21. The van der Waals surface area contributed by atoms with Gasteiger partial charge in [-0.1, -0.05) is 6.42 Å². The highest BCUT2D eigenvalue weighted by molar-refractivity contribution is 5.75. The lowest BCUT2D eigenvalue weighted by atomic mass is 9.87. The molecule has 4 nitrogen and oxygen atoms in total. The fraction of sp³-hybridized carbons (Fsp3) is 0.900. The van der Waals surface area contributed by atoms with Gasteiger partial charge in [0.2, 0.25) is 0 Å². The first kappa shape index (κ1) is 8.68. The van der Waals surface area contributed by atoms with E-state index in [4.69, 9.17) is 9.57 Å². The fourth-order valence-corrected chi connectivity index (χ4v) is 2.82. The summed E-state index contributed by atoms with van der Waals surface area (Å²) in [5, 5.41) is 2.02. The van der Waals surface area contributed by atoms with Crippen LogP contribution in [0.1, 0.15) is 25.7 Å². The number of piperidine rings is 1. The SMILES string of the molecule is O=C1OCC[C@@H]2ON3CCCC[C@H]3[C@H]12. The number of ether oxygens (including phenoxy) is 1. The maximum absolute atomic E-state index is 11.6. The van der Waals surface area contributed by atoms with Crippen molar-refractivity contribution in [1.82, 2.24) is 5.06 Å². The molecule has 0 unspecified atom stereocenters. The van der Waals surface area contributed by atoms with E-state index in [1.54, 1.807) is 0 Å². The molecule has 3 fully saturated rings. The fourth-order valence-electron chi connectivity index (χ4n) is 2.82. The Bertz CT molecular complexity index is 256. The van der Waals surface area contributed by atoms with E-state index in [-0.39, 0.29) is 18.0 Å². The summed E-state index contributed by atoms with van der Waals surface area (Å²) >= 11 is 0. The van der Waals surface area contributed by atoms with E-state index in [0.29, 0.717) is 12.6 Å².